The molecule has 1 aromatic heterocycles. The first-order chi connectivity index (χ1) is 7.72. The number of aromatic amines is 1. The highest BCUT2D eigenvalue weighted by atomic mass is 19.1. The molecule has 0 spiro atoms. The van der Waals surface area contributed by atoms with E-state index in [0.717, 1.165) is 6.42 Å². The maximum absolute atomic E-state index is 13.4. The third-order valence-electron chi connectivity index (χ3n) is 2.56. The molecule has 0 aliphatic carbocycles. The van der Waals surface area contributed by atoms with Gasteiger partial charge in [-0.1, -0.05) is 12.1 Å². The molecule has 3 nitrogen and oxygen atoms in total. The molecule has 2 rings (SSSR count). The number of hydrogen-bond acceptors (Lipinski definition) is 2. The monoisotopic (exact) mass is 220 g/mol. The summed E-state index contributed by atoms with van der Waals surface area (Å²) in [6.45, 7) is 0.542. The second-order valence-corrected chi connectivity index (χ2v) is 3.72. The van der Waals surface area contributed by atoms with Gasteiger partial charge in [-0.2, -0.15) is 0 Å². The molecule has 0 aliphatic rings. The van der Waals surface area contributed by atoms with Crippen molar-refractivity contribution in [2.45, 2.75) is 12.8 Å². The van der Waals surface area contributed by atoms with Crippen molar-refractivity contribution in [3.8, 4) is 0 Å². The minimum Gasteiger partial charge on any atom is -0.330 e. The zero-order valence-electron chi connectivity index (χ0n) is 8.79. The molecule has 3 N–H and O–H groups in total. The van der Waals surface area contributed by atoms with Crippen LogP contribution in [0, 0.1) is 5.82 Å². The van der Waals surface area contributed by atoms with E-state index < -0.39 is 5.82 Å². The van der Waals surface area contributed by atoms with E-state index in [0.29, 0.717) is 23.9 Å². The van der Waals surface area contributed by atoms with E-state index in [2.05, 4.69) is 4.98 Å². The number of fused-ring (bicyclic) bond motifs is 1. The largest absolute Gasteiger partial charge is 0.330 e. The first kappa shape index (κ1) is 10.8. The molecule has 4 heteroatoms. The van der Waals surface area contributed by atoms with E-state index >= 15 is 0 Å². The average molecular weight is 220 g/mol. The number of para-hydroxylation sites is 1. The quantitative estimate of drug-likeness (QED) is 0.824. The first-order valence-corrected chi connectivity index (χ1v) is 5.23. The Kier molecular flexibility index (Phi) is 3.01. The van der Waals surface area contributed by atoms with Gasteiger partial charge in [-0.15, -0.1) is 0 Å². The fraction of sp³-hybridized carbons (Fsp3) is 0.250. The molecular weight excluding hydrogens is 207 g/mol. The van der Waals surface area contributed by atoms with Crippen LogP contribution < -0.4 is 11.3 Å². The zero-order chi connectivity index (χ0) is 11.5. The molecule has 0 atom stereocenters. The highest BCUT2D eigenvalue weighted by molar-refractivity contribution is 5.79. The minimum absolute atomic E-state index is 0.231. The summed E-state index contributed by atoms with van der Waals surface area (Å²) in [4.78, 5) is 14.2. The molecule has 84 valence electrons. The number of nitrogens with two attached hydrogens (primary N) is 1. The van der Waals surface area contributed by atoms with Crippen LogP contribution in [0.15, 0.2) is 29.1 Å². The van der Waals surface area contributed by atoms with Crippen LogP contribution in [0.25, 0.3) is 10.9 Å². The number of aromatic nitrogens is 1. The van der Waals surface area contributed by atoms with Gasteiger partial charge < -0.3 is 10.7 Å². The number of halogens is 1. The Labute approximate surface area is 92.1 Å². The second kappa shape index (κ2) is 4.45. The van der Waals surface area contributed by atoms with E-state index in [1.807, 2.05) is 0 Å². The number of hydrogen-bond donors (Lipinski definition) is 2. The van der Waals surface area contributed by atoms with Gasteiger partial charge in [0.05, 0.1) is 5.52 Å². The van der Waals surface area contributed by atoms with Gasteiger partial charge in [-0.3, -0.25) is 4.79 Å². The van der Waals surface area contributed by atoms with Crippen LogP contribution in [0.5, 0.6) is 0 Å². The van der Waals surface area contributed by atoms with Gasteiger partial charge in [-0.25, -0.2) is 4.39 Å². The minimum atomic E-state index is -0.403. The maximum Gasteiger partial charge on any atom is 0.251 e. The average Bonchev–Trinajstić information content (AvgIpc) is 2.28. The Hall–Kier alpha value is -1.68. The number of pyridine rings is 1. The first-order valence-electron chi connectivity index (χ1n) is 5.23. The molecule has 16 heavy (non-hydrogen) atoms. The van der Waals surface area contributed by atoms with Crippen molar-refractivity contribution < 1.29 is 4.39 Å². The van der Waals surface area contributed by atoms with Crippen LogP contribution in [0.3, 0.4) is 0 Å². The summed E-state index contributed by atoms with van der Waals surface area (Å²) in [5, 5.41) is 0.714. The molecule has 0 radical (unpaired) electrons. The number of H-pyrrole nitrogens is 1. The fourth-order valence-electron chi connectivity index (χ4n) is 1.72. The summed E-state index contributed by atoms with van der Waals surface area (Å²) in [6.07, 6.45) is 1.38. The van der Waals surface area contributed by atoms with E-state index in [1.54, 1.807) is 18.2 Å². The predicted molar refractivity (Wildman–Crippen MR) is 61.9 cm³/mol. The van der Waals surface area contributed by atoms with E-state index in [4.69, 9.17) is 5.73 Å². The zero-order valence-corrected chi connectivity index (χ0v) is 8.79. The topological polar surface area (TPSA) is 58.9 Å². The van der Waals surface area contributed by atoms with E-state index in [1.165, 1.54) is 6.07 Å². The van der Waals surface area contributed by atoms with Crippen LogP contribution in [0.4, 0.5) is 4.39 Å². The molecule has 1 heterocycles. The molecule has 0 amide bonds. The number of benzene rings is 1. The summed E-state index contributed by atoms with van der Waals surface area (Å²) in [6, 6.07) is 6.47. The Bertz CT molecular complexity index is 562. The molecule has 2 aromatic rings. The van der Waals surface area contributed by atoms with E-state index in [9.17, 15) is 9.18 Å². The van der Waals surface area contributed by atoms with Crippen molar-refractivity contribution in [3.63, 3.8) is 0 Å². The molecule has 0 unspecified atom stereocenters. The van der Waals surface area contributed by atoms with Crippen LogP contribution >= 0.6 is 0 Å². The lowest BCUT2D eigenvalue weighted by Gasteiger charge is -2.03. The molecule has 0 aliphatic heterocycles. The Morgan fingerprint density at radius 2 is 2.19 bits per heavy atom. The van der Waals surface area contributed by atoms with Gasteiger partial charge in [-0.05, 0) is 31.5 Å². The second-order valence-electron chi connectivity index (χ2n) is 3.72. The van der Waals surface area contributed by atoms with Gasteiger partial charge in [0.15, 0.2) is 0 Å². The number of aryl methyl sites for hydroxylation is 1. The fourth-order valence-corrected chi connectivity index (χ4v) is 1.72. The van der Waals surface area contributed by atoms with Gasteiger partial charge in [0.25, 0.3) is 5.56 Å². The summed E-state index contributed by atoms with van der Waals surface area (Å²) in [7, 11) is 0. The highest BCUT2D eigenvalue weighted by Gasteiger charge is 2.05. The van der Waals surface area contributed by atoms with Crippen molar-refractivity contribution >= 4 is 10.9 Å². The molecule has 0 bridgehead atoms. The smallest absolute Gasteiger partial charge is 0.251 e. The predicted octanol–water partition coefficient (Wildman–Crippen LogP) is 1.56. The van der Waals surface area contributed by atoms with Crippen LogP contribution in [-0.4, -0.2) is 11.5 Å². The molecule has 0 fully saturated rings. The van der Waals surface area contributed by atoms with Crippen molar-refractivity contribution in [3.05, 3.63) is 46.0 Å². The molecule has 0 saturated carbocycles. The van der Waals surface area contributed by atoms with Crippen LogP contribution in [-0.2, 0) is 6.42 Å². The van der Waals surface area contributed by atoms with Crippen molar-refractivity contribution in [2.24, 2.45) is 5.73 Å². The van der Waals surface area contributed by atoms with E-state index in [-0.39, 0.29) is 11.1 Å². The molecule has 1 aromatic carbocycles. The highest BCUT2D eigenvalue weighted by Crippen LogP contribution is 2.14. The number of rotatable bonds is 3. The maximum atomic E-state index is 13.4. The number of nitrogens with one attached hydrogen (secondary N) is 1. The molecule has 0 saturated heterocycles. The van der Waals surface area contributed by atoms with Crippen molar-refractivity contribution in [2.75, 3.05) is 6.54 Å². The van der Waals surface area contributed by atoms with Crippen LogP contribution in [0.1, 0.15) is 12.0 Å². The van der Waals surface area contributed by atoms with Crippen molar-refractivity contribution in [1.29, 1.82) is 0 Å². The van der Waals surface area contributed by atoms with Gasteiger partial charge in [0, 0.05) is 10.9 Å². The Balaban J connectivity index is 2.54. The van der Waals surface area contributed by atoms with Gasteiger partial charge >= 0.3 is 0 Å². The Morgan fingerprint density at radius 1 is 1.38 bits per heavy atom. The Morgan fingerprint density at radius 3 is 2.94 bits per heavy atom. The third kappa shape index (κ3) is 1.97. The van der Waals surface area contributed by atoms with Gasteiger partial charge in [0.2, 0.25) is 0 Å². The normalized spacial score (nSPS) is 10.9. The lowest BCUT2D eigenvalue weighted by Crippen LogP contribution is -2.14. The summed E-state index contributed by atoms with van der Waals surface area (Å²) in [5.41, 5.74) is 6.08. The third-order valence-corrected chi connectivity index (χ3v) is 2.56. The molecular formula is C12H13FN2O. The summed E-state index contributed by atoms with van der Waals surface area (Å²) >= 11 is 0. The lowest BCUT2D eigenvalue weighted by atomic mass is 10.1. The van der Waals surface area contributed by atoms with Crippen molar-refractivity contribution in [1.82, 2.24) is 4.98 Å². The SMILES string of the molecule is NCCCc1cc2cccc(F)c2[nH]c1=O. The standard InChI is InChI=1S/C12H13FN2O/c13-10-5-1-3-8-7-9(4-2-6-14)12(16)15-11(8)10/h1,3,5,7H,2,4,6,14H2,(H,15,16). The van der Waals surface area contributed by atoms with Crippen LogP contribution in [0.2, 0.25) is 0 Å². The summed E-state index contributed by atoms with van der Waals surface area (Å²) < 4.78 is 13.4. The lowest BCUT2D eigenvalue weighted by molar-refractivity contribution is 0.636. The summed E-state index contributed by atoms with van der Waals surface area (Å²) in [5.74, 6) is -0.403. The van der Waals surface area contributed by atoms with Gasteiger partial charge in [0.1, 0.15) is 5.82 Å².